The molecule has 0 saturated heterocycles. The number of nitro groups is 1. The van der Waals surface area contributed by atoms with Crippen LogP contribution in [0.3, 0.4) is 0 Å². The van der Waals surface area contributed by atoms with Crippen LogP contribution in [0.15, 0.2) is 47.4 Å². The molecule has 0 bridgehead atoms. The lowest BCUT2D eigenvalue weighted by Crippen LogP contribution is -2.23. The van der Waals surface area contributed by atoms with Gasteiger partial charge < -0.3 is 5.32 Å². The number of anilines is 1. The lowest BCUT2D eigenvalue weighted by molar-refractivity contribution is -0.384. The van der Waals surface area contributed by atoms with Crippen LogP contribution in [0, 0.1) is 10.1 Å². The van der Waals surface area contributed by atoms with Crippen LogP contribution in [-0.2, 0) is 23.0 Å². The Hall–Kier alpha value is -2.45. The average Bonchev–Trinajstić information content (AvgIpc) is 2.54. The van der Waals surface area contributed by atoms with Gasteiger partial charge in [0.15, 0.2) is 0 Å². The summed E-state index contributed by atoms with van der Waals surface area (Å²) in [6.45, 7) is 1.63. The van der Waals surface area contributed by atoms with Gasteiger partial charge in [-0.3, -0.25) is 14.8 Å². The molecule has 0 fully saturated rings. The SMILES string of the molecule is O=[N+]([O-])c1ccc(S(=O)(=O)Nc2ccc3c(c2)CNCC3)cc1. The summed E-state index contributed by atoms with van der Waals surface area (Å²) in [5, 5.41) is 13.9. The molecular formula is C15H15N3O4S. The van der Waals surface area contributed by atoms with Crippen molar-refractivity contribution in [3.63, 3.8) is 0 Å². The monoisotopic (exact) mass is 333 g/mol. The third-order valence-electron chi connectivity index (χ3n) is 3.70. The molecule has 0 atom stereocenters. The topological polar surface area (TPSA) is 101 Å². The van der Waals surface area contributed by atoms with Crippen LogP contribution < -0.4 is 10.0 Å². The highest BCUT2D eigenvalue weighted by atomic mass is 32.2. The number of nitrogens with zero attached hydrogens (tertiary/aromatic N) is 1. The van der Waals surface area contributed by atoms with Gasteiger partial charge in [-0.05, 0) is 48.4 Å². The summed E-state index contributed by atoms with van der Waals surface area (Å²) in [4.78, 5) is 10.0. The molecule has 23 heavy (non-hydrogen) atoms. The van der Waals surface area contributed by atoms with Crippen LogP contribution in [0.25, 0.3) is 0 Å². The first kappa shape index (κ1) is 15.4. The molecule has 1 aliphatic heterocycles. The van der Waals surface area contributed by atoms with Gasteiger partial charge in [-0.15, -0.1) is 0 Å². The lowest BCUT2D eigenvalue weighted by Gasteiger charge is -2.18. The largest absolute Gasteiger partial charge is 0.312 e. The summed E-state index contributed by atoms with van der Waals surface area (Å²) in [5.74, 6) is 0. The van der Waals surface area contributed by atoms with Crippen LogP contribution in [0.4, 0.5) is 11.4 Å². The van der Waals surface area contributed by atoms with E-state index in [1.165, 1.54) is 29.8 Å². The van der Waals surface area contributed by atoms with Crippen molar-refractivity contribution in [1.29, 1.82) is 0 Å². The molecule has 0 saturated carbocycles. The number of hydrogen-bond acceptors (Lipinski definition) is 5. The van der Waals surface area contributed by atoms with Gasteiger partial charge in [0.1, 0.15) is 0 Å². The third kappa shape index (κ3) is 3.33. The number of sulfonamides is 1. The van der Waals surface area contributed by atoms with Crippen LogP contribution in [0.5, 0.6) is 0 Å². The number of fused-ring (bicyclic) bond motifs is 1. The predicted molar refractivity (Wildman–Crippen MR) is 85.8 cm³/mol. The van der Waals surface area contributed by atoms with Gasteiger partial charge in [0.2, 0.25) is 0 Å². The Kier molecular flexibility index (Phi) is 4.01. The number of hydrogen-bond donors (Lipinski definition) is 2. The van der Waals surface area contributed by atoms with Crippen LogP contribution in [0.2, 0.25) is 0 Å². The summed E-state index contributed by atoms with van der Waals surface area (Å²) in [7, 11) is -3.78. The van der Waals surface area contributed by atoms with E-state index in [-0.39, 0.29) is 10.6 Å². The van der Waals surface area contributed by atoms with E-state index < -0.39 is 14.9 Å². The molecule has 0 aromatic heterocycles. The second-order valence-corrected chi connectivity index (χ2v) is 6.95. The van der Waals surface area contributed by atoms with Gasteiger partial charge in [-0.25, -0.2) is 8.42 Å². The molecule has 0 spiro atoms. The van der Waals surface area contributed by atoms with Crippen LogP contribution >= 0.6 is 0 Å². The summed E-state index contributed by atoms with van der Waals surface area (Å²) >= 11 is 0. The molecule has 3 rings (SSSR count). The smallest absolute Gasteiger partial charge is 0.269 e. The van der Waals surface area contributed by atoms with Crippen molar-refractivity contribution in [1.82, 2.24) is 5.32 Å². The van der Waals surface area contributed by atoms with Gasteiger partial charge in [0, 0.05) is 24.4 Å². The summed E-state index contributed by atoms with van der Waals surface area (Å²) in [6.07, 6.45) is 0.921. The van der Waals surface area contributed by atoms with Crippen molar-refractivity contribution in [3.05, 3.63) is 63.7 Å². The third-order valence-corrected chi connectivity index (χ3v) is 5.10. The van der Waals surface area contributed by atoms with Crippen molar-refractivity contribution < 1.29 is 13.3 Å². The Morgan fingerprint density at radius 3 is 2.52 bits per heavy atom. The zero-order valence-electron chi connectivity index (χ0n) is 12.2. The first-order valence-corrected chi connectivity index (χ1v) is 8.54. The zero-order chi connectivity index (χ0) is 16.4. The number of nitro benzene ring substituents is 1. The average molecular weight is 333 g/mol. The van der Waals surface area contributed by atoms with E-state index in [1.54, 1.807) is 6.07 Å². The summed E-state index contributed by atoms with van der Waals surface area (Å²) in [5.41, 5.74) is 2.61. The molecule has 120 valence electrons. The summed E-state index contributed by atoms with van der Waals surface area (Å²) < 4.78 is 27.2. The van der Waals surface area contributed by atoms with Crippen LogP contribution in [-0.4, -0.2) is 19.9 Å². The molecule has 1 heterocycles. The van der Waals surface area contributed by atoms with Crippen molar-refractivity contribution in [2.45, 2.75) is 17.9 Å². The number of benzene rings is 2. The van der Waals surface area contributed by atoms with Crippen molar-refractivity contribution in [2.24, 2.45) is 0 Å². The van der Waals surface area contributed by atoms with E-state index in [0.717, 1.165) is 18.5 Å². The number of rotatable bonds is 4. The van der Waals surface area contributed by atoms with Crippen LogP contribution in [0.1, 0.15) is 11.1 Å². The highest BCUT2D eigenvalue weighted by Crippen LogP contribution is 2.22. The van der Waals surface area contributed by atoms with E-state index in [4.69, 9.17) is 0 Å². The minimum Gasteiger partial charge on any atom is -0.312 e. The first-order chi connectivity index (χ1) is 11.0. The normalized spacial score (nSPS) is 14.1. The van der Waals surface area contributed by atoms with E-state index in [9.17, 15) is 18.5 Å². The molecule has 2 N–H and O–H groups in total. The Morgan fingerprint density at radius 1 is 1.09 bits per heavy atom. The van der Waals surface area contributed by atoms with Gasteiger partial charge in [0.05, 0.1) is 9.82 Å². The molecule has 2 aromatic rings. The molecular weight excluding hydrogens is 318 g/mol. The Morgan fingerprint density at radius 2 is 1.83 bits per heavy atom. The fraction of sp³-hybridized carbons (Fsp3) is 0.200. The van der Waals surface area contributed by atoms with Crippen molar-refractivity contribution in [2.75, 3.05) is 11.3 Å². The number of nitrogens with one attached hydrogen (secondary N) is 2. The molecule has 7 nitrogen and oxygen atoms in total. The molecule has 8 heteroatoms. The second kappa shape index (κ2) is 5.98. The Bertz CT molecular complexity index is 848. The minimum absolute atomic E-state index is 0.0149. The lowest BCUT2D eigenvalue weighted by atomic mass is 10.0. The second-order valence-electron chi connectivity index (χ2n) is 5.27. The maximum Gasteiger partial charge on any atom is 0.269 e. The van der Waals surface area contributed by atoms with Gasteiger partial charge in [-0.1, -0.05) is 6.07 Å². The first-order valence-electron chi connectivity index (χ1n) is 7.05. The van der Waals surface area contributed by atoms with E-state index in [1.807, 2.05) is 12.1 Å². The minimum atomic E-state index is -3.78. The highest BCUT2D eigenvalue weighted by Gasteiger charge is 2.17. The Labute approximate surface area is 133 Å². The quantitative estimate of drug-likeness (QED) is 0.658. The van der Waals surface area contributed by atoms with E-state index >= 15 is 0 Å². The van der Waals surface area contributed by atoms with Gasteiger partial charge >= 0.3 is 0 Å². The van der Waals surface area contributed by atoms with Crippen molar-refractivity contribution >= 4 is 21.4 Å². The molecule has 0 radical (unpaired) electrons. The molecule has 2 aromatic carbocycles. The molecule has 0 amide bonds. The fourth-order valence-electron chi connectivity index (χ4n) is 2.51. The molecule has 0 aliphatic carbocycles. The van der Waals surface area contributed by atoms with E-state index in [2.05, 4.69) is 10.0 Å². The molecule has 1 aliphatic rings. The predicted octanol–water partition coefficient (Wildman–Crippen LogP) is 2.04. The molecule has 0 unspecified atom stereocenters. The summed E-state index contributed by atoms with van der Waals surface area (Å²) in [6, 6.07) is 10.2. The standard InChI is InChI=1S/C15H15N3O4S/c19-18(20)14-3-5-15(6-4-14)23(21,22)17-13-2-1-11-7-8-16-10-12(11)9-13/h1-6,9,16-17H,7-8,10H2. The van der Waals surface area contributed by atoms with Gasteiger partial charge in [0.25, 0.3) is 15.7 Å². The zero-order valence-corrected chi connectivity index (χ0v) is 13.0. The van der Waals surface area contributed by atoms with E-state index in [0.29, 0.717) is 12.2 Å². The number of non-ortho nitro benzene ring substituents is 1. The maximum atomic E-state index is 12.4. The van der Waals surface area contributed by atoms with Crippen molar-refractivity contribution in [3.8, 4) is 0 Å². The Balaban J connectivity index is 1.84. The highest BCUT2D eigenvalue weighted by molar-refractivity contribution is 7.92. The van der Waals surface area contributed by atoms with Gasteiger partial charge in [-0.2, -0.15) is 0 Å². The maximum absolute atomic E-state index is 12.4. The fourth-order valence-corrected chi connectivity index (χ4v) is 3.55.